The predicted octanol–water partition coefficient (Wildman–Crippen LogP) is 3.21. The van der Waals surface area contributed by atoms with E-state index in [1.807, 2.05) is 36.5 Å². The Kier molecular flexibility index (Phi) is 3.54. The van der Waals surface area contributed by atoms with E-state index in [9.17, 15) is 0 Å². The van der Waals surface area contributed by atoms with Crippen molar-refractivity contribution in [1.82, 2.24) is 15.1 Å². The van der Waals surface area contributed by atoms with Crippen molar-refractivity contribution in [3.8, 4) is 0 Å². The summed E-state index contributed by atoms with van der Waals surface area (Å²) in [5, 5.41) is 4.04. The van der Waals surface area contributed by atoms with Gasteiger partial charge in [0.05, 0.1) is 5.92 Å². The summed E-state index contributed by atoms with van der Waals surface area (Å²) in [4.78, 5) is 8.56. The number of aromatic nitrogens is 3. The van der Waals surface area contributed by atoms with Gasteiger partial charge in [-0.3, -0.25) is 4.98 Å². The second-order valence-electron chi connectivity index (χ2n) is 4.72. The second-order valence-corrected chi connectivity index (χ2v) is 4.72. The van der Waals surface area contributed by atoms with Crippen molar-refractivity contribution in [2.24, 2.45) is 0 Å². The standard InChI is InChI=1S/C16H15N3O/c1-12(14-7-3-2-4-8-14)16-18-15(19-20-16)10-13-6-5-9-17-11-13/h2-9,11-12H,10H2,1H3. The first-order valence-electron chi connectivity index (χ1n) is 6.59. The fraction of sp³-hybridized carbons (Fsp3) is 0.188. The molecule has 0 bridgehead atoms. The van der Waals surface area contributed by atoms with Gasteiger partial charge in [-0.1, -0.05) is 41.6 Å². The maximum absolute atomic E-state index is 5.37. The van der Waals surface area contributed by atoms with Crippen LogP contribution in [-0.4, -0.2) is 15.1 Å². The van der Waals surface area contributed by atoms with Gasteiger partial charge in [-0.05, 0) is 24.1 Å². The first-order chi connectivity index (χ1) is 9.83. The summed E-state index contributed by atoms with van der Waals surface area (Å²) in [6.45, 7) is 2.07. The average molecular weight is 265 g/mol. The van der Waals surface area contributed by atoms with Gasteiger partial charge in [0, 0.05) is 18.8 Å². The zero-order valence-electron chi connectivity index (χ0n) is 11.2. The molecule has 0 amide bonds. The second kappa shape index (κ2) is 5.65. The number of benzene rings is 1. The Labute approximate surface area is 117 Å². The highest BCUT2D eigenvalue weighted by atomic mass is 16.5. The van der Waals surface area contributed by atoms with Crippen LogP contribution in [0.2, 0.25) is 0 Å². The smallest absolute Gasteiger partial charge is 0.233 e. The predicted molar refractivity (Wildman–Crippen MR) is 75.3 cm³/mol. The van der Waals surface area contributed by atoms with Crippen LogP contribution in [0.1, 0.15) is 35.7 Å². The molecule has 2 aromatic heterocycles. The number of nitrogens with zero attached hydrogens (tertiary/aromatic N) is 3. The van der Waals surface area contributed by atoms with Gasteiger partial charge in [-0.2, -0.15) is 4.98 Å². The van der Waals surface area contributed by atoms with E-state index in [4.69, 9.17) is 4.52 Å². The molecular formula is C16H15N3O. The normalized spacial score (nSPS) is 12.2. The molecule has 0 radical (unpaired) electrons. The topological polar surface area (TPSA) is 51.8 Å². The summed E-state index contributed by atoms with van der Waals surface area (Å²) in [6.07, 6.45) is 4.21. The highest BCUT2D eigenvalue weighted by Gasteiger charge is 2.16. The third-order valence-electron chi connectivity index (χ3n) is 3.24. The Bertz CT molecular complexity index is 664. The highest BCUT2D eigenvalue weighted by molar-refractivity contribution is 5.23. The molecule has 1 aromatic carbocycles. The van der Waals surface area contributed by atoms with Crippen molar-refractivity contribution in [1.29, 1.82) is 0 Å². The Balaban J connectivity index is 1.77. The third-order valence-corrected chi connectivity index (χ3v) is 3.24. The summed E-state index contributed by atoms with van der Waals surface area (Å²) in [6, 6.07) is 14.1. The van der Waals surface area contributed by atoms with Crippen LogP contribution in [-0.2, 0) is 6.42 Å². The van der Waals surface area contributed by atoms with E-state index < -0.39 is 0 Å². The molecular weight excluding hydrogens is 250 g/mol. The molecule has 1 unspecified atom stereocenters. The highest BCUT2D eigenvalue weighted by Crippen LogP contribution is 2.22. The first-order valence-corrected chi connectivity index (χ1v) is 6.59. The van der Waals surface area contributed by atoms with E-state index >= 15 is 0 Å². The fourth-order valence-electron chi connectivity index (χ4n) is 2.08. The van der Waals surface area contributed by atoms with Gasteiger partial charge in [0.1, 0.15) is 0 Å². The molecule has 0 saturated carbocycles. The van der Waals surface area contributed by atoms with E-state index in [-0.39, 0.29) is 5.92 Å². The Morgan fingerprint density at radius 1 is 1.10 bits per heavy atom. The molecule has 0 aliphatic heterocycles. The van der Waals surface area contributed by atoms with Crippen molar-refractivity contribution in [2.75, 3.05) is 0 Å². The van der Waals surface area contributed by atoms with Gasteiger partial charge in [0.2, 0.25) is 5.89 Å². The number of hydrogen-bond donors (Lipinski definition) is 0. The Hall–Kier alpha value is -2.49. The van der Waals surface area contributed by atoms with Crippen LogP contribution in [0.5, 0.6) is 0 Å². The van der Waals surface area contributed by atoms with E-state index in [0.717, 1.165) is 5.56 Å². The fourth-order valence-corrected chi connectivity index (χ4v) is 2.08. The van der Waals surface area contributed by atoms with Crippen molar-refractivity contribution >= 4 is 0 Å². The van der Waals surface area contributed by atoms with Crippen LogP contribution >= 0.6 is 0 Å². The van der Waals surface area contributed by atoms with Crippen molar-refractivity contribution in [3.05, 3.63) is 77.7 Å². The van der Waals surface area contributed by atoms with Crippen LogP contribution in [0, 0.1) is 0 Å². The molecule has 0 spiro atoms. The Morgan fingerprint density at radius 3 is 2.70 bits per heavy atom. The monoisotopic (exact) mass is 265 g/mol. The van der Waals surface area contributed by atoms with Crippen LogP contribution in [0.25, 0.3) is 0 Å². The third kappa shape index (κ3) is 2.74. The molecule has 100 valence electrons. The maximum Gasteiger partial charge on any atom is 0.233 e. The average Bonchev–Trinajstić information content (AvgIpc) is 2.97. The van der Waals surface area contributed by atoms with Gasteiger partial charge >= 0.3 is 0 Å². The lowest BCUT2D eigenvalue weighted by Crippen LogP contribution is -1.97. The van der Waals surface area contributed by atoms with Crippen LogP contribution in [0.15, 0.2) is 59.4 Å². The first kappa shape index (κ1) is 12.5. The minimum atomic E-state index is 0.103. The SMILES string of the molecule is CC(c1ccccc1)c1nc(Cc2cccnc2)no1. The summed E-state index contributed by atoms with van der Waals surface area (Å²) >= 11 is 0. The molecule has 3 rings (SSSR count). The molecule has 3 aromatic rings. The molecule has 4 heteroatoms. The minimum Gasteiger partial charge on any atom is -0.339 e. The molecule has 20 heavy (non-hydrogen) atoms. The molecule has 4 nitrogen and oxygen atoms in total. The van der Waals surface area contributed by atoms with Crippen LogP contribution in [0.3, 0.4) is 0 Å². The van der Waals surface area contributed by atoms with Gasteiger partial charge in [0.25, 0.3) is 0 Å². The molecule has 1 atom stereocenters. The lowest BCUT2D eigenvalue weighted by Gasteiger charge is -2.05. The van der Waals surface area contributed by atoms with Gasteiger partial charge in [0.15, 0.2) is 5.82 Å². The number of hydrogen-bond acceptors (Lipinski definition) is 4. The zero-order chi connectivity index (χ0) is 13.8. The zero-order valence-corrected chi connectivity index (χ0v) is 11.2. The lowest BCUT2D eigenvalue weighted by atomic mass is 10.0. The summed E-state index contributed by atoms with van der Waals surface area (Å²) in [7, 11) is 0. The van der Waals surface area contributed by atoms with E-state index in [1.165, 1.54) is 5.56 Å². The Morgan fingerprint density at radius 2 is 1.95 bits per heavy atom. The van der Waals surface area contributed by atoms with Crippen LogP contribution < -0.4 is 0 Å². The van der Waals surface area contributed by atoms with Gasteiger partial charge < -0.3 is 4.52 Å². The van der Waals surface area contributed by atoms with Gasteiger partial charge in [-0.25, -0.2) is 0 Å². The summed E-state index contributed by atoms with van der Waals surface area (Å²) in [5.41, 5.74) is 2.25. The quantitative estimate of drug-likeness (QED) is 0.727. The molecule has 0 fully saturated rings. The molecule has 0 saturated heterocycles. The van der Waals surface area contributed by atoms with E-state index in [0.29, 0.717) is 18.1 Å². The van der Waals surface area contributed by atoms with Crippen molar-refractivity contribution in [3.63, 3.8) is 0 Å². The molecule has 0 aliphatic carbocycles. The van der Waals surface area contributed by atoms with Crippen molar-refractivity contribution < 1.29 is 4.52 Å². The summed E-state index contributed by atoms with van der Waals surface area (Å²) in [5.74, 6) is 1.44. The maximum atomic E-state index is 5.37. The van der Waals surface area contributed by atoms with Crippen LogP contribution in [0.4, 0.5) is 0 Å². The van der Waals surface area contributed by atoms with E-state index in [1.54, 1.807) is 6.20 Å². The largest absolute Gasteiger partial charge is 0.339 e. The minimum absolute atomic E-state index is 0.103. The molecule has 2 heterocycles. The molecule has 0 N–H and O–H groups in total. The molecule has 0 aliphatic rings. The number of pyridine rings is 1. The number of rotatable bonds is 4. The lowest BCUT2D eigenvalue weighted by molar-refractivity contribution is 0.366. The van der Waals surface area contributed by atoms with Crippen molar-refractivity contribution in [2.45, 2.75) is 19.3 Å². The van der Waals surface area contributed by atoms with Gasteiger partial charge in [-0.15, -0.1) is 0 Å². The van der Waals surface area contributed by atoms with E-state index in [2.05, 4.69) is 34.2 Å². The summed E-state index contributed by atoms with van der Waals surface area (Å²) < 4.78 is 5.37.